The predicted molar refractivity (Wildman–Crippen MR) is 59.0 cm³/mol. The van der Waals surface area contributed by atoms with Gasteiger partial charge in [-0.1, -0.05) is 18.2 Å². The molecule has 1 N–H and O–H groups in total. The van der Waals surface area contributed by atoms with Gasteiger partial charge in [-0.2, -0.15) is 0 Å². The number of benzene rings is 1. The van der Waals surface area contributed by atoms with E-state index in [9.17, 15) is 4.79 Å². The normalized spacial score (nSPS) is 15.8. The summed E-state index contributed by atoms with van der Waals surface area (Å²) in [6, 6.07) is 6.02. The zero-order valence-electron chi connectivity index (χ0n) is 8.52. The van der Waals surface area contributed by atoms with Gasteiger partial charge >= 0.3 is 0 Å². The van der Waals surface area contributed by atoms with Crippen molar-refractivity contribution in [2.24, 2.45) is 0 Å². The molecule has 0 saturated heterocycles. The molecule has 0 aromatic heterocycles. The Morgan fingerprint density at radius 3 is 3.07 bits per heavy atom. The number of hydrogen-bond donors (Lipinski definition) is 1. The van der Waals surface area contributed by atoms with E-state index in [1.165, 1.54) is 11.1 Å². The molecule has 0 bridgehead atoms. The van der Waals surface area contributed by atoms with E-state index >= 15 is 0 Å². The molecule has 0 fully saturated rings. The Balaban J connectivity index is 2.17. The molecule has 0 saturated carbocycles. The molecule has 1 aromatic carbocycles. The Labute approximate surface area is 90.0 Å². The number of carbonyl (C=O) groups excluding carboxylic acids is 1. The summed E-state index contributed by atoms with van der Waals surface area (Å²) >= 11 is 0. The van der Waals surface area contributed by atoms with E-state index in [0.717, 1.165) is 31.3 Å². The van der Waals surface area contributed by atoms with Crippen LogP contribution in [0.25, 0.3) is 0 Å². The van der Waals surface area contributed by atoms with E-state index < -0.39 is 0 Å². The van der Waals surface area contributed by atoms with Crippen LogP contribution in [0.2, 0.25) is 0 Å². The Morgan fingerprint density at radius 2 is 2.33 bits per heavy atom. The maximum atomic E-state index is 10.4. The van der Waals surface area contributed by atoms with Crippen LogP contribution in [0.1, 0.15) is 16.7 Å². The van der Waals surface area contributed by atoms with Crippen molar-refractivity contribution in [2.75, 3.05) is 6.54 Å². The van der Waals surface area contributed by atoms with Crippen LogP contribution in [0.3, 0.4) is 0 Å². The van der Waals surface area contributed by atoms with Gasteiger partial charge in [-0.3, -0.25) is 0 Å². The number of aliphatic hydroxyl groups is 1. The average Bonchev–Trinajstić information content (AvgIpc) is 2.29. The maximum Gasteiger partial charge on any atom is 0.293 e. The minimum Gasteiger partial charge on any atom is -0.392 e. The third-order valence-corrected chi connectivity index (χ3v) is 2.77. The molecule has 2 rings (SSSR count). The molecule has 0 atom stereocenters. The fraction of sp³-hybridized carbons (Fsp3) is 0.364. The van der Waals surface area contributed by atoms with Crippen LogP contribution in [-0.4, -0.2) is 30.1 Å². The first-order chi connectivity index (χ1) is 7.33. The van der Waals surface area contributed by atoms with Crippen molar-refractivity contribution in [1.82, 2.24) is 4.81 Å². The van der Waals surface area contributed by atoms with Crippen LogP contribution in [0.4, 0.5) is 0 Å². The first-order valence-electron chi connectivity index (χ1n) is 5.07. The highest BCUT2D eigenvalue weighted by Gasteiger charge is 2.16. The summed E-state index contributed by atoms with van der Waals surface area (Å²) in [5, 5.41) is 9.01. The van der Waals surface area contributed by atoms with E-state index in [-0.39, 0.29) is 6.61 Å². The van der Waals surface area contributed by atoms with Gasteiger partial charge in [-0.15, -0.1) is 0 Å². The van der Waals surface area contributed by atoms with E-state index in [4.69, 9.17) is 5.11 Å². The Morgan fingerprint density at radius 1 is 1.47 bits per heavy atom. The molecule has 0 amide bonds. The quantitative estimate of drug-likeness (QED) is 0.567. The lowest BCUT2D eigenvalue weighted by Gasteiger charge is -2.27. The second kappa shape index (κ2) is 4.60. The summed E-state index contributed by atoms with van der Waals surface area (Å²) in [4.78, 5) is 12.4. The molecule has 1 aliphatic rings. The van der Waals surface area contributed by atoms with Gasteiger partial charge in [0.05, 0.1) is 12.8 Å². The summed E-state index contributed by atoms with van der Waals surface area (Å²) in [6.45, 7) is 1.76. The minimum absolute atomic E-state index is 0.0947. The lowest BCUT2D eigenvalue weighted by atomic mass is 9.88. The van der Waals surface area contributed by atoms with Crippen LogP contribution < -0.4 is 0 Å². The van der Waals surface area contributed by atoms with Crippen LogP contribution in [0, 0.1) is 0 Å². The molecular formula is C11H13BNO2. The molecule has 4 heteroatoms. The number of hydrogen-bond acceptors (Lipinski definition) is 3. The average molecular weight is 202 g/mol. The molecule has 1 aliphatic heterocycles. The first-order valence-corrected chi connectivity index (χ1v) is 5.07. The van der Waals surface area contributed by atoms with Crippen molar-refractivity contribution in [3.05, 3.63) is 34.9 Å². The van der Waals surface area contributed by atoms with Crippen molar-refractivity contribution >= 4 is 13.6 Å². The predicted octanol–water partition coefficient (Wildman–Crippen LogP) is 0.346. The van der Waals surface area contributed by atoms with Gasteiger partial charge in [0.15, 0.2) is 0 Å². The van der Waals surface area contributed by atoms with Gasteiger partial charge in [-0.25, -0.2) is 0 Å². The largest absolute Gasteiger partial charge is 0.392 e. The topological polar surface area (TPSA) is 40.5 Å². The molecule has 15 heavy (non-hydrogen) atoms. The van der Waals surface area contributed by atoms with Gasteiger partial charge in [0.2, 0.25) is 0 Å². The van der Waals surface area contributed by atoms with Crippen LogP contribution >= 0.6 is 0 Å². The number of carbonyl (C=O) groups is 1. The minimum atomic E-state index is 0.0947. The second-order valence-corrected chi connectivity index (χ2v) is 3.77. The highest BCUT2D eigenvalue weighted by Crippen LogP contribution is 2.19. The van der Waals surface area contributed by atoms with Gasteiger partial charge in [0.1, 0.15) is 0 Å². The third kappa shape index (κ3) is 2.27. The van der Waals surface area contributed by atoms with Gasteiger partial charge in [0, 0.05) is 6.54 Å². The first kappa shape index (κ1) is 10.4. The van der Waals surface area contributed by atoms with Crippen molar-refractivity contribution in [3.8, 4) is 0 Å². The second-order valence-electron chi connectivity index (χ2n) is 3.77. The molecule has 1 heterocycles. The number of aliphatic hydroxyl groups excluding tert-OH is 1. The van der Waals surface area contributed by atoms with Crippen molar-refractivity contribution in [2.45, 2.75) is 19.6 Å². The van der Waals surface area contributed by atoms with Gasteiger partial charge in [-0.05, 0) is 29.7 Å². The van der Waals surface area contributed by atoms with Gasteiger partial charge in [0.25, 0.3) is 7.41 Å². The van der Waals surface area contributed by atoms with Crippen LogP contribution in [0.5, 0.6) is 0 Å². The summed E-state index contributed by atoms with van der Waals surface area (Å²) in [5.41, 5.74) is 3.50. The highest BCUT2D eigenvalue weighted by atomic mass is 16.3. The Bertz CT molecular complexity index is 368. The molecule has 1 aromatic rings. The SMILES string of the molecule is O=C[B]N1CCc2cc(CO)ccc2C1. The molecule has 0 aliphatic carbocycles. The molecule has 0 unspecified atom stereocenters. The standard InChI is InChI=1S/C11H13BNO2/c14-7-9-1-2-11-6-13(12-8-15)4-3-10(11)5-9/h1-2,5,8,14H,3-4,6-7H2. The zero-order valence-corrected chi connectivity index (χ0v) is 8.52. The summed E-state index contributed by atoms with van der Waals surface area (Å²) in [5.74, 6) is 0. The molecule has 1 radical (unpaired) electrons. The Hall–Kier alpha value is -1.13. The van der Waals surface area contributed by atoms with Crippen molar-refractivity contribution in [1.29, 1.82) is 0 Å². The molecule has 77 valence electrons. The molecule has 0 spiro atoms. The summed E-state index contributed by atoms with van der Waals surface area (Å²) < 4.78 is 0. The lowest BCUT2D eigenvalue weighted by Crippen LogP contribution is -2.34. The van der Waals surface area contributed by atoms with E-state index in [1.807, 2.05) is 23.0 Å². The van der Waals surface area contributed by atoms with Crippen LogP contribution in [-0.2, 0) is 24.4 Å². The van der Waals surface area contributed by atoms with E-state index in [1.54, 1.807) is 7.41 Å². The fourth-order valence-corrected chi connectivity index (χ4v) is 1.94. The smallest absolute Gasteiger partial charge is 0.293 e. The van der Waals surface area contributed by atoms with Gasteiger partial charge < -0.3 is 14.7 Å². The number of fused-ring (bicyclic) bond motifs is 1. The number of nitrogens with zero attached hydrogens (tertiary/aromatic N) is 1. The van der Waals surface area contributed by atoms with Crippen LogP contribution in [0.15, 0.2) is 18.2 Å². The van der Waals surface area contributed by atoms with Crippen molar-refractivity contribution < 1.29 is 9.90 Å². The lowest BCUT2D eigenvalue weighted by molar-refractivity contribution is 0.281. The third-order valence-electron chi connectivity index (χ3n) is 2.77. The summed E-state index contributed by atoms with van der Waals surface area (Å²) in [6.07, 6.45) is 1.76. The Kier molecular flexibility index (Phi) is 3.19. The highest BCUT2D eigenvalue weighted by molar-refractivity contribution is 6.64. The van der Waals surface area contributed by atoms with E-state index in [0.29, 0.717) is 0 Å². The zero-order chi connectivity index (χ0) is 10.7. The monoisotopic (exact) mass is 202 g/mol. The molecular weight excluding hydrogens is 189 g/mol. The fourth-order valence-electron chi connectivity index (χ4n) is 1.94. The number of rotatable bonds is 3. The summed E-state index contributed by atoms with van der Waals surface area (Å²) in [7, 11) is 1.59. The molecule has 3 nitrogen and oxygen atoms in total. The maximum absolute atomic E-state index is 10.4. The van der Waals surface area contributed by atoms with E-state index in [2.05, 4.69) is 0 Å². The van der Waals surface area contributed by atoms with Crippen molar-refractivity contribution in [3.63, 3.8) is 0 Å².